The van der Waals surface area contributed by atoms with Gasteiger partial charge in [-0.05, 0) is 26.3 Å². The number of hydrogen-bond donors (Lipinski definition) is 0. The van der Waals surface area contributed by atoms with E-state index in [9.17, 15) is 9.59 Å². The van der Waals surface area contributed by atoms with Crippen LogP contribution >= 0.6 is 0 Å². The SMILES string of the molecule is CCC/C=C/C=C(\C(C)=O)C(=O)OCC. The molecule has 0 aliphatic carbocycles. The standard InChI is InChI=1S/C12H18O3/c1-4-6-7-8-9-11(10(3)13)12(14)15-5-2/h7-9H,4-6H2,1-3H3/b8-7+,11-9+. The van der Waals surface area contributed by atoms with Gasteiger partial charge in [-0.15, -0.1) is 0 Å². The van der Waals surface area contributed by atoms with E-state index < -0.39 is 5.97 Å². The van der Waals surface area contributed by atoms with Gasteiger partial charge in [0.05, 0.1) is 6.61 Å². The van der Waals surface area contributed by atoms with Gasteiger partial charge in [-0.1, -0.05) is 25.5 Å². The molecule has 0 saturated carbocycles. The Balaban J connectivity index is 4.51. The molecule has 0 amide bonds. The van der Waals surface area contributed by atoms with Gasteiger partial charge in [-0.25, -0.2) is 4.79 Å². The van der Waals surface area contributed by atoms with E-state index in [1.54, 1.807) is 13.0 Å². The van der Waals surface area contributed by atoms with Crippen molar-refractivity contribution in [2.24, 2.45) is 0 Å². The van der Waals surface area contributed by atoms with E-state index in [1.807, 2.05) is 6.08 Å². The minimum absolute atomic E-state index is 0.101. The number of hydrogen-bond acceptors (Lipinski definition) is 3. The first-order chi connectivity index (χ1) is 7.13. The zero-order chi connectivity index (χ0) is 11.7. The van der Waals surface area contributed by atoms with E-state index in [1.165, 1.54) is 13.0 Å². The molecule has 0 atom stereocenters. The lowest BCUT2D eigenvalue weighted by molar-refractivity contribution is -0.139. The molecule has 0 saturated heterocycles. The average Bonchev–Trinajstić information content (AvgIpc) is 2.17. The molecule has 15 heavy (non-hydrogen) atoms. The van der Waals surface area contributed by atoms with Crippen molar-refractivity contribution in [1.29, 1.82) is 0 Å². The third kappa shape index (κ3) is 5.83. The summed E-state index contributed by atoms with van der Waals surface area (Å²) in [5.41, 5.74) is 0.101. The van der Waals surface area contributed by atoms with Crippen molar-refractivity contribution in [2.75, 3.05) is 6.61 Å². The second kappa shape index (κ2) is 7.97. The summed E-state index contributed by atoms with van der Waals surface area (Å²) in [6.07, 6.45) is 7.12. The molecule has 0 N–H and O–H groups in total. The quantitative estimate of drug-likeness (QED) is 0.222. The van der Waals surface area contributed by atoms with Crippen molar-refractivity contribution in [2.45, 2.75) is 33.6 Å². The van der Waals surface area contributed by atoms with Crippen LogP contribution in [0.2, 0.25) is 0 Å². The second-order valence-corrected chi connectivity index (χ2v) is 3.07. The number of ether oxygens (including phenoxy) is 1. The molecule has 3 nitrogen and oxygen atoms in total. The number of rotatable bonds is 6. The number of Topliss-reactive ketones (excluding diaryl/α,β-unsaturated/α-hetero) is 1. The number of unbranched alkanes of at least 4 members (excludes halogenated alkanes) is 1. The van der Waals surface area contributed by atoms with Crippen molar-refractivity contribution in [1.82, 2.24) is 0 Å². The summed E-state index contributed by atoms with van der Waals surface area (Å²) in [6, 6.07) is 0. The Morgan fingerprint density at radius 2 is 1.93 bits per heavy atom. The minimum Gasteiger partial charge on any atom is -0.462 e. The topological polar surface area (TPSA) is 43.4 Å². The first kappa shape index (κ1) is 13.6. The van der Waals surface area contributed by atoms with E-state index in [0.29, 0.717) is 0 Å². The van der Waals surface area contributed by atoms with E-state index >= 15 is 0 Å². The maximum absolute atomic E-state index is 11.3. The van der Waals surface area contributed by atoms with E-state index in [0.717, 1.165) is 12.8 Å². The van der Waals surface area contributed by atoms with Crippen LogP contribution in [0.25, 0.3) is 0 Å². The van der Waals surface area contributed by atoms with Crippen LogP contribution < -0.4 is 0 Å². The lowest BCUT2D eigenvalue weighted by Crippen LogP contribution is -2.13. The first-order valence-electron chi connectivity index (χ1n) is 5.18. The Kier molecular flexibility index (Phi) is 7.24. The van der Waals surface area contributed by atoms with Gasteiger partial charge in [0.2, 0.25) is 0 Å². The maximum atomic E-state index is 11.3. The Labute approximate surface area is 90.8 Å². The zero-order valence-electron chi connectivity index (χ0n) is 9.58. The normalized spacial score (nSPS) is 11.8. The molecule has 0 radical (unpaired) electrons. The number of ketones is 1. The maximum Gasteiger partial charge on any atom is 0.341 e. The van der Waals surface area contributed by atoms with Crippen LogP contribution in [-0.2, 0) is 14.3 Å². The minimum atomic E-state index is -0.550. The Hall–Kier alpha value is -1.38. The Morgan fingerprint density at radius 3 is 2.40 bits per heavy atom. The van der Waals surface area contributed by atoms with Crippen molar-refractivity contribution in [3.63, 3.8) is 0 Å². The molecule has 0 aromatic rings. The number of esters is 1. The van der Waals surface area contributed by atoms with Crippen molar-refractivity contribution < 1.29 is 14.3 Å². The van der Waals surface area contributed by atoms with Crippen molar-refractivity contribution in [3.05, 3.63) is 23.8 Å². The molecule has 84 valence electrons. The highest BCUT2D eigenvalue weighted by molar-refractivity contribution is 6.16. The lowest BCUT2D eigenvalue weighted by atomic mass is 10.1. The molecule has 0 aromatic carbocycles. The number of allylic oxidation sites excluding steroid dienone is 3. The summed E-state index contributed by atoms with van der Waals surface area (Å²) in [4.78, 5) is 22.4. The summed E-state index contributed by atoms with van der Waals surface area (Å²) in [6.45, 7) is 5.41. The highest BCUT2D eigenvalue weighted by Crippen LogP contribution is 2.01. The predicted molar refractivity (Wildman–Crippen MR) is 59.4 cm³/mol. The summed E-state index contributed by atoms with van der Waals surface area (Å²) in [5, 5.41) is 0. The van der Waals surface area contributed by atoms with Crippen LogP contribution in [0.4, 0.5) is 0 Å². The van der Waals surface area contributed by atoms with Crippen molar-refractivity contribution >= 4 is 11.8 Å². The van der Waals surface area contributed by atoms with Gasteiger partial charge in [0, 0.05) is 0 Å². The molecule has 0 aromatic heterocycles. The van der Waals surface area contributed by atoms with Crippen molar-refractivity contribution in [3.8, 4) is 0 Å². The zero-order valence-corrected chi connectivity index (χ0v) is 9.58. The molecule has 0 heterocycles. The summed E-state index contributed by atoms with van der Waals surface area (Å²) < 4.78 is 4.76. The highest BCUT2D eigenvalue weighted by atomic mass is 16.5. The van der Waals surface area contributed by atoms with Crippen LogP contribution in [0.5, 0.6) is 0 Å². The lowest BCUT2D eigenvalue weighted by Gasteiger charge is -2.01. The third-order valence-electron chi connectivity index (χ3n) is 1.73. The van der Waals surface area contributed by atoms with Crippen LogP contribution in [0.1, 0.15) is 33.6 Å². The molecule has 0 bridgehead atoms. The fourth-order valence-corrected chi connectivity index (χ4v) is 0.965. The van der Waals surface area contributed by atoms with Gasteiger partial charge in [-0.3, -0.25) is 4.79 Å². The van der Waals surface area contributed by atoms with Gasteiger partial charge >= 0.3 is 5.97 Å². The van der Waals surface area contributed by atoms with Crippen LogP contribution in [0.3, 0.4) is 0 Å². The molecule has 0 aliphatic rings. The Morgan fingerprint density at radius 1 is 1.27 bits per heavy atom. The van der Waals surface area contributed by atoms with E-state index in [4.69, 9.17) is 4.74 Å². The van der Waals surface area contributed by atoms with Crippen LogP contribution in [0, 0.1) is 0 Å². The predicted octanol–water partition coefficient (Wildman–Crippen LogP) is 2.42. The van der Waals surface area contributed by atoms with Gasteiger partial charge in [0.15, 0.2) is 5.78 Å². The summed E-state index contributed by atoms with van der Waals surface area (Å²) in [5.74, 6) is -0.819. The number of carbonyl (C=O) groups excluding carboxylic acids is 2. The molecular weight excluding hydrogens is 192 g/mol. The summed E-state index contributed by atoms with van der Waals surface area (Å²) >= 11 is 0. The highest BCUT2D eigenvalue weighted by Gasteiger charge is 2.13. The fourth-order valence-electron chi connectivity index (χ4n) is 0.965. The van der Waals surface area contributed by atoms with Gasteiger partial charge in [0.1, 0.15) is 5.57 Å². The molecule has 0 aliphatic heterocycles. The van der Waals surface area contributed by atoms with Gasteiger partial charge in [0.25, 0.3) is 0 Å². The smallest absolute Gasteiger partial charge is 0.341 e. The summed E-state index contributed by atoms with van der Waals surface area (Å²) in [7, 11) is 0. The van der Waals surface area contributed by atoms with E-state index in [-0.39, 0.29) is 18.0 Å². The molecular formula is C12H18O3. The van der Waals surface area contributed by atoms with Crippen LogP contribution in [-0.4, -0.2) is 18.4 Å². The molecule has 3 heteroatoms. The fraction of sp³-hybridized carbons (Fsp3) is 0.500. The van der Waals surface area contributed by atoms with Crippen LogP contribution in [0.15, 0.2) is 23.8 Å². The van der Waals surface area contributed by atoms with Gasteiger partial charge < -0.3 is 4.74 Å². The van der Waals surface area contributed by atoms with Gasteiger partial charge in [-0.2, -0.15) is 0 Å². The average molecular weight is 210 g/mol. The Bertz CT molecular complexity index is 275. The first-order valence-corrected chi connectivity index (χ1v) is 5.18. The molecule has 0 spiro atoms. The molecule has 0 unspecified atom stereocenters. The molecule has 0 fully saturated rings. The van der Waals surface area contributed by atoms with E-state index in [2.05, 4.69) is 6.92 Å². The largest absolute Gasteiger partial charge is 0.462 e. The third-order valence-corrected chi connectivity index (χ3v) is 1.73. The second-order valence-electron chi connectivity index (χ2n) is 3.07. The molecule has 0 rings (SSSR count). The monoisotopic (exact) mass is 210 g/mol. The number of carbonyl (C=O) groups is 2.